The Labute approximate surface area is 174 Å². The Hall–Kier alpha value is -2.58. The van der Waals surface area contributed by atoms with E-state index in [2.05, 4.69) is 10.2 Å². The van der Waals surface area contributed by atoms with Crippen LogP contribution in [-0.2, 0) is 16.1 Å². The number of carbonyl (C=O) groups excluding carboxylic acids is 4. The molecule has 4 amide bonds. The summed E-state index contributed by atoms with van der Waals surface area (Å²) in [5, 5.41) is 2.22. The van der Waals surface area contributed by atoms with Gasteiger partial charge < -0.3 is 5.73 Å². The van der Waals surface area contributed by atoms with E-state index >= 15 is 0 Å². The minimum absolute atomic E-state index is 0.121. The van der Waals surface area contributed by atoms with E-state index in [0.29, 0.717) is 23.1 Å². The van der Waals surface area contributed by atoms with Crippen LogP contribution in [-0.4, -0.2) is 58.6 Å². The lowest BCUT2D eigenvalue weighted by Gasteiger charge is -2.35. The molecule has 0 bridgehead atoms. The van der Waals surface area contributed by atoms with E-state index in [9.17, 15) is 19.2 Å². The molecule has 1 aromatic rings. The Morgan fingerprint density at radius 1 is 1.00 bits per heavy atom. The number of carbonyl (C=O) groups is 4. The van der Waals surface area contributed by atoms with Gasteiger partial charge in [-0.15, -0.1) is 0 Å². The largest absolute Gasteiger partial charge is 0.328 e. The van der Waals surface area contributed by atoms with Crippen molar-refractivity contribution in [3.8, 4) is 0 Å². The number of rotatable bonds is 3. The first-order valence-electron chi connectivity index (χ1n) is 10.7. The smallest absolute Gasteiger partial charge is 0.262 e. The first-order chi connectivity index (χ1) is 14.4. The molecule has 3 heterocycles. The predicted octanol–water partition coefficient (Wildman–Crippen LogP) is 0.647. The van der Waals surface area contributed by atoms with Crippen molar-refractivity contribution in [1.82, 2.24) is 15.1 Å². The van der Waals surface area contributed by atoms with Crippen molar-refractivity contribution in [2.45, 2.75) is 50.7 Å². The summed E-state index contributed by atoms with van der Waals surface area (Å²) in [6.07, 6.45) is 3.66. The molecule has 30 heavy (non-hydrogen) atoms. The maximum atomic E-state index is 13.0. The molecule has 1 saturated carbocycles. The van der Waals surface area contributed by atoms with E-state index in [1.165, 1.54) is 0 Å². The normalized spacial score (nSPS) is 31.7. The Balaban J connectivity index is 1.31. The second-order valence-corrected chi connectivity index (χ2v) is 9.10. The summed E-state index contributed by atoms with van der Waals surface area (Å²) in [6, 6.07) is 4.76. The van der Waals surface area contributed by atoms with Gasteiger partial charge in [-0.05, 0) is 61.8 Å². The minimum atomic E-state index is -0.927. The average Bonchev–Trinajstić information content (AvgIpc) is 3.19. The number of hydrogen-bond donors (Lipinski definition) is 2. The lowest BCUT2D eigenvalue weighted by Crippen LogP contribution is -2.54. The molecule has 3 N–H and O–H groups in total. The van der Waals surface area contributed by atoms with Crippen molar-refractivity contribution in [3.63, 3.8) is 0 Å². The monoisotopic (exact) mass is 410 g/mol. The maximum absolute atomic E-state index is 13.0. The number of imide groups is 2. The van der Waals surface area contributed by atoms with Crippen LogP contribution in [0.15, 0.2) is 18.2 Å². The number of amides is 4. The average molecular weight is 410 g/mol. The van der Waals surface area contributed by atoms with Crippen LogP contribution in [0.2, 0.25) is 0 Å². The lowest BCUT2D eigenvalue weighted by molar-refractivity contribution is -0.136. The molecule has 2 saturated heterocycles. The van der Waals surface area contributed by atoms with Gasteiger partial charge in [0.15, 0.2) is 0 Å². The maximum Gasteiger partial charge on any atom is 0.262 e. The number of fused-ring (bicyclic) bond motifs is 2. The van der Waals surface area contributed by atoms with Gasteiger partial charge >= 0.3 is 0 Å². The molecule has 2 unspecified atom stereocenters. The van der Waals surface area contributed by atoms with Crippen LogP contribution in [0, 0.1) is 11.8 Å². The third-order valence-electron chi connectivity index (χ3n) is 7.10. The molecule has 0 radical (unpaired) electrons. The molecule has 158 valence electrons. The molecule has 0 aromatic heterocycles. The lowest BCUT2D eigenvalue weighted by atomic mass is 9.88. The van der Waals surface area contributed by atoms with E-state index in [-0.39, 0.29) is 18.7 Å². The van der Waals surface area contributed by atoms with Crippen molar-refractivity contribution in [3.05, 3.63) is 34.9 Å². The highest BCUT2D eigenvalue weighted by atomic mass is 16.2. The second kappa shape index (κ2) is 7.28. The van der Waals surface area contributed by atoms with Crippen molar-refractivity contribution in [2.75, 3.05) is 13.1 Å². The summed E-state index contributed by atoms with van der Waals surface area (Å²) in [5.74, 6) is -0.490. The Kier molecular flexibility index (Phi) is 4.71. The van der Waals surface area contributed by atoms with Gasteiger partial charge in [-0.3, -0.25) is 34.3 Å². The van der Waals surface area contributed by atoms with Gasteiger partial charge in [0.25, 0.3) is 11.8 Å². The van der Waals surface area contributed by atoms with Crippen LogP contribution in [0.3, 0.4) is 0 Å². The number of piperidine rings is 2. The van der Waals surface area contributed by atoms with Crippen LogP contribution < -0.4 is 11.1 Å². The number of nitrogens with two attached hydrogens (primary N) is 1. The van der Waals surface area contributed by atoms with E-state index in [1.54, 1.807) is 12.1 Å². The molecule has 5 rings (SSSR count). The molecule has 8 nitrogen and oxygen atoms in total. The number of hydrogen-bond acceptors (Lipinski definition) is 6. The van der Waals surface area contributed by atoms with Crippen molar-refractivity contribution >= 4 is 23.6 Å². The van der Waals surface area contributed by atoms with E-state index in [4.69, 9.17) is 5.73 Å². The van der Waals surface area contributed by atoms with Gasteiger partial charge in [-0.25, -0.2) is 0 Å². The minimum Gasteiger partial charge on any atom is -0.328 e. The molecule has 3 aliphatic heterocycles. The molecule has 4 atom stereocenters. The standard InChI is InChI=1S/C22H26N4O4/c23-15-8-13-5-6-25(11-14(13)9-15)10-12-1-2-16-17(7-12)22(30)26(21(16)29)18-3-4-19(27)24-20(18)28/h1-2,7,13-15,18H,3-6,8-11,23H2,(H,24,27,28)/t13-,14-,15?,18?/m0/s1. The number of benzene rings is 1. The first kappa shape index (κ1) is 19.4. The highest BCUT2D eigenvalue weighted by molar-refractivity contribution is 6.23. The Bertz CT molecular complexity index is 945. The summed E-state index contributed by atoms with van der Waals surface area (Å²) in [7, 11) is 0. The van der Waals surface area contributed by atoms with Crippen LogP contribution in [0.5, 0.6) is 0 Å². The van der Waals surface area contributed by atoms with Crippen molar-refractivity contribution in [1.29, 1.82) is 0 Å². The fourth-order valence-electron chi connectivity index (χ4n) is 5.63. The second-order valence-electron chi connectivity index (χ2n) is 9.10. The Morgan fingerprint density at radius 2 is 1.77 bits per heavy atom. The van der Waals surface area contributed by atoms with Gasteiger partial charge in [0.2, 0.25) is 11.8 Å². The summed E-state index contributed by atoms with van der Waals surface area (Å²) in [4.78, 5) is 52.8. The fourth-order valence-corrected chi connectivity index (χ4v) is 5.63. The first-order valence-corrected chi connectivity index (χ1v) is 10.7. The third kappa shape index (κ3) is 3.24. The van der Waals surface area contributed by atoms with Crippen LogP contribution in [0.4, 0.5) is 0 Å². The molecule has 1 aromatic carbocycles. The highest BCUT2D eigenvalue weighted by Gasteiger charge is 2.44. The summed E-state index contributed by atoms with van der Waals surface area (Å²) in [5.41, 5.74) is 7.80. The summed E-state index contributed by atoms with van der Waals surface area (Å²) in [6.45, 7) is 2.76. The molecule has 1 aliphatic carbocycles. The SMILES string of the molecule is NC1C[C@@H]2CCN(Cc3ccc4c(c3)C(=O)N(C3CCC(=O)NC3=O)C4=O)C[C@@H]2C1. The quantitative estimate of drug-likeness (QED) is 0.708. The van der Waals surface area contributed by atoms with Gasteiger partial charge in [0.05, 0.1) is 11.1 Å². The molecule has 0 spiro atoms. The fraction of sp³-hybridized carbons (Fsp3) is 0.545. The molecule has 4 aliphatic rings. The number of likely N-dealkylation sites (tertiary alicyclic amines) is 1. The number of nitrogens with zero attached hydrogens (tertiary/aromatic N) is 2. The van der Waals surface area contributed by atoms with Crippen LogP contribution in [0.1, 0.15) is 58.4 Å². The van der Waals surface area contributed by atoms with E-state index < -0.39 is 23.8 Å². The molecule has 8 heteroatoms. The Morgan fingerprint density at radius 3 is 2.57 bits per heavy atom. The predicted molar refractivity (Wildman–Crippen MR) is 107 cm³/mol. The van der Waals surface area contributed by atoms with Gasteiger partial charge in [-0.1, -0.05) is 6.07 Å². The number of nitrogens with one attached hydrogen (secondary N) is 1. The van der Waals surface area contributed by atoms with E-state index in [1.807, 2.05) is 6.07 Å². The molecular formula is C22H26N4O4. The van der Waals surface area contributed by atoms with Gasteiger partial charge in [0, 0.05) is 25.6 Å². The van der Waals surface area contributed by atoms with Crippen LogP contribution in [0.25, 0.3) is 0 Å². The molecular weight excluding hydrogens is 384 g/mol. The van der Waals surface area contributed by atoms with Gasteiger partial charge in [0.1, 0.15) is 6.04 Å². The van der Waals surface area contributed by atoms with Crippen LogP contribution >= 0.6 is 0 Å². The third-order valence-corrected chi connectivity index (χ3v) is 7.10. The molecule has 3 fully saturated rings. The highest BCUT2D eigenvalue weighted by Crippen LogP contribution is 2.38. The van der Waals surface area contributed by atoms with Crippen molar-refractivity contribution < 1.29 is 19.2 Å². The zero-order valence-corrected chi connectivity index (χ0v) is 16.8. The summed E-state index contributed by atoms with van der Waals surface area (Å²) < 4.78 is 0. The summed E-state index contributed by atoms with van der Waals surface area (Å²) >= 11 is 0. The van der Waals surface area contributed by atoms with E-state index in [0.717, 1.165) is 55.3 Å². The topological polar surface area (TPSA) is 113 Å². The zero-order chi connectivity index (χ0) is 21.0. The zero-order valence-electron chi connectivity index (χ0n) is 16.8. The van der Waals surface area contributed by atoms with Gasteiger partial charge in [-0.2, -0.15) is 0 Å². The van der Waals surface area contributed by atoms with Crippen molar-refractivity contribution in [2.24, 2.45) is 17.6 Å².